The molecule has 4 nitrogen and oxygen atoms in total. The molecule has 0 aromatic rings. The Kier molecular flexibility index (Phi) is 7.27. The van der Waals surface area contributed by atoms with Gasteiger partial charge in [-0.2, -0.15) is 0 Å². The Morgan fingerprint density at radius 2 is 2.12 bits per heavy atom. The van der Waals surface area contributed by atoms with Crippen molar-refractivity contribution in [3.8, 4) is 0 Å². The van der Waals surface area contributed by atoms with E-state index in [1.807, 2.05) is 0 Å². The van der Waals surface area contributed by atoms with Crippen molar-refractivity contribution < 1.29 is 13.5 Å². The van der Waals surface area contributed by atoms with Gasteiger partial charge in [0, 0.05) is 19.7 Å². The summed E-state index contributed by atoms with van der Waals surface area (Å²) in [5.74, 6) is 0.656. The largest absolute Gasteiger partial charge is 0.378 e. The first-order valence-electron chi connectivity index (χ1n) is 6.61. The molecule has 0 bridgehead atoms. The Morgan fingerprint density at radius 1 is 1.47 bits per heavy atom. The molecular formula is C12H25NO3S. The lowest BCUT2D eigenvalue weighted by atomic mass is 9.95. The third-order valence-corrected chi connectivity index (χ3v) is 4.22. The summed E-state index contributed by atoms with van der Waals surface area (Å²) >= 11 is -1.78. The molecule has 2 unspecified atom stereocenters. The van der Waals surface area contributed by atoms with Crippen LogP contribution in [0.25, 0.3) is 0 Å². The van der Waals surface area contributed by atoms with Crippen molar-refractivity contribution in [2.45, 2.75) is 52.1 Å². The van der Waals surface area contributed by atoms with Gasteiger partial charge in [-0.1, -0.05) is 13.3 Å². The van der Waals surface area contributed by atoms with Crippen LogP contribution in [-0.4, -0.2) is 38.9 Å². The van der Waals surface area contributed by atoms with Gasteiger partial charge in [0.25, 0.3) is 0 Å². The van der Waals surface area contributed by atoms with E-state index in [9.17, 15) is 4.21 Å². The standard InChI is InChI=1S/C12H25NO3S/c1-3-4-11(2)16-10-7-12-5-8-13(9-6-12)17(14)15/h11-12H,3-10H2,1-2H3,(H,14,15). The summed E-state index contributed by atoms with van der Waals surface area (Å²) in [5, 5.41) is 0. The summed E-state index contributed by atoms with van der Waals surface area (Å²) in [7, 11) is 0. The Morgan fingerprint density at radius 3 is 2.65 bits per heavy atom. The predicted molar refractivity (Wildman–Crippen MR) is 70.0 cm³/mol. The minimum absolute atomic E-state index is 0.366. The molecule has 1 saturated heterocycles. The van der Waals surface area contributed by atoms with Gasteiger partial charge in [0.2, 0.25) is 11.3 Å². The van der Waals surface area contributed by atoms with Crippen LogP contribution in [-0.2, 0) is 16.0 Å². The molecule has 0 aliphatic carbocycles. The van der Waals surface area contributed by atoms with Crippen LogP contribution in [0.5, 0.6) is 0 Å². The van der Waals surface area contributed by atoms with Crippen molar-refractivity contribution in [2.24, 2.45) is 5.92 Å². The van der Waals surface area contributed by atoms with Gasteiger partial charge in [0.05, 0.1) is 6.10 Å². The molecule has 1 fully saturated rings. The summed E-state index contributed by atoms with van der Waals surface area (Å²) in [4.78, 5) is 0. The maximum Gasteiger partial charge on any atom is 0.234 e. The molecule has 1 aliphatic heterocycles. The second-order valence-corrected chi connectivity index (χ2v) is 5.84. The lowest BCUT2D eigenvalue weighted by Gasteiger charge is -2.29. The number of hydrogen-bond donors (Lipinski definition) is 1. The Hall–Kier alpha value is 0.0300. The van der Waals surface area contributed by atoms with Crippen LogP contribution in [0.3, 0.4) is 0 Å². The monoisotopic (exact) mass is 263 g/mol. The normalized spacial score (nSPS) is 22.5. The smallest absolute Gasteiger partial charge is 0.234 e. The third kappa shape index (κ3) is 5.95. The molecule has 1 N–H and O–H groups in total. The molecule has 0 aromatic carbocycles. The van der Waals surface area contributed by atoms with Crippen molar-refractivity contribution in [1.29, 1.82) is 0 Å². The molecule has 17 heavy (non-hydrogen) atoms. The summed E-state index contributed by atoms with van der Waals surface area (Å²) in [5.41, 5.74) is 0. The summed E-state index contributed by atoms with van der Waals surface area (Å²) in [6.45, 7) is 6.59. The van der Waals surface area contributed by atoms with Crippen molar-refractivity contribution in [3.63, 3.8) is 0 Å². The van der Waals surface area contributed by atoms with Crippen LogP contribution in [0.4, 0.5) is 0 Å². The molecule has 5 heteroatoms. The van der Waals surface area contributed by atoms with Crippen LogP contribution in [0.2, 0.25) is 0 Å². The molecule has 1 rings (SSSR count). The third-order valence-electron chi connectivity index (χ3n) is 3.42. The van der Waals surface area contributed by atoms with Crippen molar-refractivity contribution in [3.05, 3.63) is 0 Å². The highest BCUT2D eigenvalue weighted by molar-refractivity contribution is 7.76. The summed E-state index contributed by atoms with van der Waals surface area (Å²) < 4.78 is 27.2. The lowest BCUT2D eigenvalue weighted by Crippen LogP contribution is -2.35. The molecule has 0 radical (unpaired) electrons. The van der Waals surface area contributed by atoms with Crippen LogP contribution in [0.1, 0.15) is 46.0 Å². The zero-order valence-electron chi connectivity index (χ0n) is 10.9. The van der Waals surface area contributed by atoms with Gasteiger partial charge < -0.3 is 4.74 Å². The number of piperidine rings is 1. The first-order chi connectivity index (χ1) is 8.13. The fourth-order valence-electron chi connectivity index (χ4n) is 2.28. The highest BCUT2D eigenvalue weighted by Crippen LogP contribution is 2.21. The number of ether oxygens (including phenoxy) is 1. The Balaban J connectivity index is 2.08. The quantitative estimate of drug-likeness (QED) is 0.718. The molecule has 0 amide bonds. The first-order valence-corrected chi connectivity index (χ1v) is 7.67. The van der Waals surface area contributed by atoms with Crippen LogP contribution in [0.15, 0.2) is 0 Å². The van der Waals surface area contributed by atoms with Gasteiger partial charge in [0.1, 0.15) is 0 Å². The van der Waals surface area contributed by atoms with E-state index in [0.717, 1.165) is 45.4 Å². The lowest BCUT2D eigenvalue weighted by molar-refractivity contribution is 0.0466. The molecule has 102 valence electrons. The minimum Gasteiger partial charge on any atom is -0.378 e. The maximum atomic E-state index is 10.8. The van der Waals surface area contributed by atoms with Gasteiger partial charge in [-0.25, -0.2) is 8.51 Å². The van der Waals surface area contributed by atoms with Gasteiger partial charge >= 0.3 is 0 Å². The number of rotatable bonds is 7. The fraction of sp³-hybridized carbons (Fsp3) is 1.00. The van der Waals surface area contributed by atoms with E-state index in [2.05, 4.69) is 13.8 Å². The van der Waals surface area contributed by atoms with E-state index in [1.165, 1.54) is 6.42 Å². The van der Waals surface area contributed by atoms with E-state index in [4.69, 9.17) is 9.29 Å². The van der Waals surface area contributed by atoms with Gasteiger partial charge in [0.15, 0.2) is 0 Å². The van der Waals surface area contributed by atoms with Gasteiger partial charge in [-0.3, -0.25) is 4.55 Å². The Bertz CT molecular complexity index is 230. The van der Waals surface area contributed by atoms with E-state index >= 15 is 0 Å². The number of hydrogen-bond acceptors (Lipinski definition) is 2. The zero-order valence-corrected chi connectivity index (χ0v) is 11.7. The average molecular weight is 263 g/mol. The van der Waals surface area contributed by atoms with Crippen molar-refractivity contribution >= 4 is 11.3 Å². The van der Waals surface area contributed by atoms with Crippen LogP contribution < -0.4 is 0 Å². The van der Waals surface area contributed by atoms with E-state index in [-0.39, 0.29) is 0 Å². The molecule has 0 spiro atoms. The Labute approximate surface area is 107 Å². The molecule has 0 aromatic heterocycles. The second kappa shape index (κ2) is 8.19. The van der Waals surface area contributed by atoms with Crippen LogP contribution >= 0.6 is 0 Å². The van der Waals surface area contributed by atoms with Gasteiger partial charge in [-0.15, -0.1) is 0 Å². The number of nitrogens with zero attached hydrogens (tertiary/aromatic N) is 1. The minimum atomic E-state index is -1.78. The van der Waals surface area contributed by atoms with Crippen molar-refractivity contribution in [2.75, 3.05) is 19.7 Å². The fourth-order valence-corrected chi connectivity index (χ4v) is 2.80. The van der Waals surface area contributed by atoms with Crippen molar-refractivity contribution in [1.82, 2.24) is 4.31 Å². The van der Waals surface area contributed by atoms with Gasteiger partial charge in [-0.05, 0) is 38.5 Å². The zero-order chi connectivity index (χ0) is 12.7. The molecule has 2 atom stereocenters. The second-order valence-electron chi connectivity index (χ2n) is 4.86. The SMILES string of the molecule is CCCC(C)OCCC1CCN(S(=O)O)CC1. The van der Waals surface area contributed by atoms with E-state index in [0.29, 0.717) is 12.0 Å². The first kappa shape index (κ1) is 15.1. The predicted octanol–water partition coefficient (Wildman–Crippen LogP) is 2.43. The maximum absolute atomic E-state index is 10.8. The summed E-state index contributed by atoms with van der Waals surface area (Å²) in [6, 6.07) is 0. The van der Waals surface area contributed by atoms with E-state index in [1.54, 1.807) is 4.31 Å². The highest BCUT2D eigenvalue weighted by atomic mass is 32.2. The average Bonchev–Trinajstić information content (AvgIpc) is 2.30. The molecule has 0 saturated carbocycles. The highest BCUT2D eigenvalue weighted by Gasteiger charge is 2.21. The molecule has 1 heterocycles. The van der Waals surface area contributed by atoms with E-state index < -0.39 is 11.3 Å². The topological polar surface area (TPSA) is 49.8 Å². The molecular weight excluding hydrogens is 238 g/mol. The molecule has 1 aliphatic rings. The van der Waals surface area contributed by atoms with Crippen LogP contribution in [0, 0.1) is 5.92 Å². The summed E-state index contributed by atoms with van der Waals surface area (Å²) in [6.07, 6.45) is 5.77.